The van der Waals surface area contributed by atoms with Crippen LogP contribution in [0.15, 0.2) is 24.5 Å². The fraction of sp³-hybridized carbons (Fsp3) is 0.615. The quantitative estimate of drug-likeness (QED) is 0.143. The summed E-state index contributed by atoms with van der Waals surface area (Å²) < 4.78 is 0. The third-order valence-electron chi connectivity index (χ3n) is 2.25. The molecule has 16 heavy (non-hydrogen) atoms. The molecular weight excluding hydrogens is 204 g/mol. The highest BCUT2D eigenvalue weighted by Gasteiger charge is 2.07. The van der Waals surface area contributed by atoms with Crippen LogP contribution in [0.4, 0.5) is 0 Å². The molecule has 0 heterocycles. The van der Waals surface area contributed by atoms with Crippen molar-refractivity contribution in [3.05, 3.63) is 24.5 Å². The minimum absolute atomic E-state index is 0.156. The average molecular weight is 226 g/mol. The van der Waals surface area contributed by atoms with Crippen LogP contribution >= 0.6 is 0 Å². The highest BCUT2D eigenvalue weighted by molar-refractivity contribution is 5.96. The van der Waals surface area contributed by atoms with Gasteiger partial charge in [-0.05, 0) is 13.3 Å². The predicted octanol–water partition coefficient (Wildman–Crippen LogP) is 3.56. The molecule has 3 heteroatoms. The van der Waals surface area contributed by atoms with E-state index in [0.717, 1.165) is 12.8 Å². The van der Waals surface area contributed by atoms with E-state index in [1.807, 2.05) is 0 Å². The Morgan fingerprint density at radius 2 is 1.75 bits per heavy atom. The van der Waals surface area contributed by atoms with Crippen molar-refractivity contribution in [3.8, 4) is 0 Å². The third kappa shape index (κ3) is 7.23. The van der Waals surface area contributed by atoms with Crippen LogP contribution in [-0.2, 0) is 14.6 Å². The topological polar surface area (TPSA) is 35.5 Å². The van der Waals surface area contributed by atoms with Gasteiger partial charge < -0.3 is 4.89 Å². The van der Waals surface area contributed by atoms with Gasteiger partial charge in [0.05, 0.1) is 12.2 Å². The van der Waals surface area contributed by atoms with Gasteiger partial charge in [0, 0.05) is 0 Å². The standard InChI is InChI=1S/C13H22O3/c1-5-6-7-8-9-10-15-16-13(4)11(2)12(3)14/h2,4-10H2,1,3H3. The predicted molar refractivity (Wildman–Crippen MR) is 64.8 cm³/mol. The Balaban J connectivity index is 3.42. The van der Waals surface area contributed by atoms with Crippen LogP contribution in [0.3, 0.4) is 0 Å². The van der Waals surface area contributed by atoms with E-state index in [-0.39, 0.29) is 17.1 Å². The Hall–Kier alpha value is -1.09. The molecule has 0 N–H and O–H groups in total. The van der Waals surface area contributed by atoms with E-state index in [2.05, 4.69) is 20.1 Å². The van der Waals surface area contributed by atoms with Crippen molar-refractivity contribution in [2.45, 2.75) is 46.0 Å². The fourth-order valence-electron chi connectivity index (χ4n) is 1.12. The fourth-order valence-corrected chi connectivity index (χ4v) is 1.12. The molecule has 0 unspecified atom stereocenters. The first-order chi connectivity index (χ1) is 7.59. The molecule has 0 bridgehead atoms. The number of unbranched alkanes of at least 4 members (excludes halogenated alkanes) is 4. The number of hydrogen-bond acceptors (Lipinski definition) is 3. The van der Waals surface area contributed by atoms with Crippen LogP contribution in [0.25, 0.3) is 0 Å². The molecule has 0 aromatic heterocycles. The molecule has 0 aliphatic carbocycles. The van der Waals surface area contributed by atoms with Crippen molar-refractivity contribution in [1.29, 1.82) is 0 Å². The van der Waals surface area contributed by atoms with Crippen LogP contribution < -0.4 is 0 Å². The summed E-state index contributed by atoms with van der Waals surface area (Å²) >= 11 is 0. The zero-order valence-electron chi connectivity index (χ0n) is 10.4. The lowest BCUT2D eigenvalue weighted by Gasteiger charge is -2.07. The number of rotatable bonds is 10. The monoisotopic (exact) mass is 226 g/mol. The van der Waals surface area contributed by atoms with Gasteiger partial charge in [0.15, 0.2) is 11.5 Å². The molecule has 0 spiro atoms. The Kier molecular flexibility index (Phi) is 8.53. The summed E-state index contributed by atoms with van der Waals surface area (Å²) in [6.45, 7) is 11.2. The first kappa shape index (κ1) is 14.9. The smallest absolute Gasteiger partial charge is 0.168 e. The summed E-state index contributed by atoms with van der Waals surface area (Å²) in [6, 6.07) is 0. The summed E-state index contributed by atoms with van der Waals surface area (Å²) in [5.41, 5.74) is 0.256. The van der Waals surface area contributed by atoms with E-state index in [9.17, 15) is 4.79 Å². The first-order valence-corrected chi connectivity index (χ1v) is 5.78. The molecule has 0 rings (SSSR count). The van der Waals surface area contributed by atoms with E-state index in [1.165, 1.54) is 26.2 Å². The summed E-state index contributed by atoms with van der Waals surface area (Å²) in [5.74, 6) is 0.0394. The first-order valence-electron chi connectivity index (χ1n) is 5.78. The average Bonchev–Trinajstić information content (AvgIpc) is 2.26. The number of carbonyl (C=O) groups excluding carboxylic acids is 1. The second-order valence-electron chi connectivity index (χ2n) is 3.78. The second-order valence-corrected chi connectivity index (χ2v) is 3.78. The molecule has 0 radical (unpaired) electrons. The molecule has 0 fully saturated rings. The summed E-state index contributed by atoms with van der Waals surface area (Å²) in [6.07, 6.45) is 5.80. The lowest BCUT2D eigenvalue weighted by atomic mass is 10.2. The van der Waals surface area contributed by atoms with E-state index in [0.29, 0.717) is 6.61 Å². The van der Waals surface area contributed by atoms with Crippen LogP contribution in [0, 0.1) is 0 Å². The molecule has 0 amide bonds. The van der Waals surface area contributed by atoms with Crippen molar-refractivity contribution in [2.24, 2.45) is 0 Å². The molecule has 92 valence electrons. The molecule has 3 nitrogen and oxygen atoms in total. The summed E-state index contributed by atoms with van der Waals surface area (Å²) in [4.78, 5) is 20.7. The minimum atomic E-state index is -0.156. The Bertz CT molecular complexity index is 244. The van der Waals surface area contributed by atoms with E-state index in [4.69, 9.17) is 9.78 Å². The number of Topliss-reactive ketones (excluding diaryl/α,β-unsaturated/α-hetero) is 1. The maximum Gasteiger partial charge on any atom is 0.168 e. The van der Waals surface area contributed by atoms with E-state index < -0.39 is 0 Å². The molecule has 0 aromatic rings. The summed E-state index contributed by atoms with van der Waals surface area (Å²) in [5, 5.41) is 0. The van der Waals surface area contributed by atoms with E-state index >= 15 is 0 Å². The maximum absolute atomic E-state index is 10.9. The number of carbonyl (C=O) groups is 1. The van der Waals surface area contributed by atoms with Crippen LogP contribution in [0.2, 0.25) is 0 Å². The van der Waals surface area contributed by atoms with Crippen LogP contribution in [0.5, 0.6) is 0 Å². The molecule has 0 saturated heterocycles. The largest absolute Gasteiger partial charge is 0.337 e. The normalized spacial score (nSPS) is 9.88. The zero-order valence-corrected chi connectivity index (χ0v) is 10.4. The van der Waals surface area contributed by atoms with Crippen molar-refractivity contribution in [2.75, 3.05) is 6.61 Å². The van der Waals surface area contributed by atoms with Crippen LogP contribution in [0.1, 0.15) is 46.0 Å². The zero-order chi connectivity index (χ0) is 12.4. The van der Waals surface area contributed by atoms with Gasteiger partial charge in [0.25, 0.3) is 0 Å². The SMILES string of the molecule is C=C(OOCCCCCCC)C(=C)C(C)=O. The highest BCUT2D eigenvalue weighted by Crippen LogP contribution is 2.09. The third-order valence-corrected chi connectivity index (χ3v) is 2.25. The number of hydrogen-bond donors (Lipinski definition) is 0. The van der Waals surface area contributed by atoms with Gasteiger partial charge >= 0.3 is 0 Å². The van der Waals surface area contributed by atoms with Gasteiger partial charge in [-0.2, -0.15) is 4.89 Å². The molecule has 0 aliphatic rings. The van der Waals surface area contributed by atoms with Crippen LogP contribution in [-0.4, -0.2) is 12.4 Å². The Morgan fingerprint density at radius 1 is 1.12 bits per heavy atom. The molecule has 0 aromatic carbocycles. The Morgan fingerprint density at radius 3 is 2.31 bits per heavy atom. The number of allylic oxidation sites excluding steroid dienone is 1. The highest BCUT2D eigenvalue weighted by atomic mass is 17.2. The summed E-state index contributed by atoms with van der Waals surface area (Å²) in [7, 11) is 0. The molecular formula is C13H22O3. The van der Waals surface area contributed by atoms with Gasteiger partial charge in [0.1, 0.15) is 0 Å². The molecule has 0 saturated carbocycles. The van der Waals surface area contributed by atoms with Gasteiger partial charge in [-0.3, -0.25) is 4.79 Å². The van der Waals surface area contributed by atoms with Gasteiger partial charge in [-0.1, -0.05) is 45.8 Å². The number of ketones is 1. The van der Waals surface area contributed by atoms with Crippen molar-refractivity contribution < 1.29 is 14.6 Å². The van der Waals surface area contributed by atoms with Crippen molar-refractivity contribution >= 4 is 5.78 Å². The van der Waals surface area contributed by atoms with Gasteiger partial charge in [0.2, 0.25) is 0 Å². The molecule has 0 aliphatic heterocycles. The lowest BCUT2D eigenvalue weighted by Crippen LogP contribution is -2.03. The molecule has 0 atom stereocenters. The Labute approximate surface area is 98.1 Å². The van der Waals surface area contributed by atoms with E-state index in [1.54, 1.807) is 0 Å². The van der Waals surface area contributed by atoms with Crippen molar-refractivity contribution in [3.63, 3.8) is 0 Å². The maximum atomic E-state index is 10.9. The van der Waals surface area contributed by atoms with Gasteiger partial charge in [-0.25, -0.2) is 0 Å². The van der Waals surface area contributed by atoms with Crippen molar-refractivity contribution in [1.82, 2.24) is 0 Å². The minimum Gasteiger partial charge on any atom is -0.337 e. The second kappa shape index (κ2) is 9.16. The lowest BCUT2D eigenvalue weighted by molar-refractivity contribution is -0.259. The van der Waals surface area contributed by atoms with Gasteiger partial charge in [-0.15, -0.1) is 0 Å².